The Bertz CT molecular complexity index is 1200. The van der Waals surface area contributed by atoms with Crippen LogP contribution in [0.3, 0.4) is 0 Å². The van der Waals surface area contributed by atoms with Gasteiger partial charge in [-0.3, -0.25) is 9.59 Å². The molecule has 6 nitrogen and oxygen atoms in total. The van der Waals surface area contributed by atoms with E-state index in [2.05, 4.69) is 0 Å². The van der Waals surface area contributed by atoms with Crippen LogP contribution in [-0.2, 0) is 9.59 Å². The lowest BCUT2D eigenvalue weighted by molar-refractivity contribution is -0.122. The fourth-order valence-electron chi connectivity index (χ4n) is 5.77. The zero-order valence-electron chi connectivity index (χ0n) is 16.2. The Morgan fingerprint density at radius 3 is 1.61 bits per heavy atom. The van der Waals surface area contributed by atoms with E-state index >= 15 is 0 Å². The van der Waals surface area contributed by atoms with Gasteiger partial charge in [0.05, 0.1) is 17.5 Å². The molecule has 7 rings (SSSR count). The molecule has 1 fully saturated rings. The van der Waals surface area contributed by atoms with Crippen LogP contribution in [0.15, 0.2) is 66.7 Å². The number of imide groups is 1. The molecule has 2 N–H and O–H groups in total. The molecule has 3 aliphatic carbocycles. The van der Waals surface area contributed by atoms with Crippen LogP contribution in [-0.4, -0.2) is 28.0 Å². The fourth-order valence-corrected chi connectivity index (χ4v) is 5.77. The summed E-state index contributed by atoms with van der Waals surface area (Å²) in [6.45, 7) is 0. The van der Waals surface area contributed by atoms with Crippen molar-refractivity contribution in [2.24, 2.45) is 11.8 Å². The highest BCUT2D eigenvalue weighted by atomic mass is 16.4. The summed E-state index contributed by atoms with van der Waals surface area (Å²) in [6, 6.07) is 19.7. The Labute approximate surface area is 177 Å². The monoisotopic (exact) mass is 411 g/mol. The molecule has 0 aromatic heterocycles. The molecule has 3 aromatic carbocycles. The van der Waals surface area contributed by atoms with Crippen molar-refractivity contribution in [2.45, 2.75) is 11.8 Å². The third-order valence-corrected chi connectivity index (χ3v) is 6.92. The number of nitrogens with zero attached hydrogens (tertiary/aromatic N) is 1. The van der Waals surface area contributed by atoms with Gasteiger partial charge in [0.25, 0.3) is 0 Å². The first kappa shape index (κ1) is 17.9. The van der Waals surface area contributed by atoms with Gasteiger partial charge in [-0.1, -0.05) is 48.5 Å². The molecule has 4 aliphatic rings. The number of phenols is 1. The summed E-state index contributed by atoms with van der Waals surface area (Å²) in [5.74, 6) is -3.90. The van der Waals surface area contributed by atoms with Crippen molar-refractivity contribution in [2.75, 3.05) is 4.90 Å². The molecule has 6 heteroatoms. The highest BCUT2D eigenvalue weighted by Gasteiger charge is 2.61. The standard InChI is InChI=1S/C25H17NO5/c27-18-10-9-12(11-17(18)25(30)31)26-23(28)21-19-13-5-1-2-6-14(13)20(22(21)24(26)29)16-8-4-3-7-15(16)19/h1-11,19-22,27H,(H,30,31)/t19?,20?,21-,22-/m1/s1. The van der Waals surface area contributed by atoms with E-state index in [1.807, 2.05) is 48.5 Å². The van der Waals surface area contributed by atoms with Crippen LogP contribution in [0.4, 0.5) is 5.69 Å². The third-order valence-electron chi connectivity index (χ3n) is 6.92. The number of carboxylic acids is 1. The number of benzene rings is 3. The quantitative estimate of drug-likeness (QED) is 0.630. The molecule has 0 unspecified atom stereocenters. The van der Waals surface area contributed by atoms with E-state index in [4.69, 9.17) is 0 Å². The minimum absolute atomic E-state index is 0.173. The normalized spacial score (nSPS) is 25.2. The number of anilines is 1. The zero-order chi connectivity index (χ0) is 21.4. The number of aromatic hydroxyl groups is 1. The van der Waals surface area contributed by atoms with Gasteiger partial charge in [-0.05, 0) is 40.5 Å². The summed E-state index contributed by atoms with van der Waals surface area (Å²) < 4.78 is 0. The largest absolute Gasteiger partial charge is 0.507 e. The van der Waals surface area contributed by atoms with Gasteiger partial charge in [-0.15, -0.1) is 0 Å². The van der Waals surface area contributed by atoms with Crippen LogP contribution in [0.25, 0.3) is 0 Å². The Morgan fingerprint density at radius 1 is 0.742 bits per heavy atom. The Balaban J connectivity index is 1.54. The number of carbonyl (C=O) groups is 3. The van der Waals surface area contributed by atoms with Crippen molar-refractivity contribution in [3.63, 3.8) is 0 Å². The smallest absolute Gasteiger partial charge is 0.339 e. The van der Waals surface area contributed by atoms with E-state index in [1.54, 1.807) is 0 Å². The Hall–Kier alpha value is -3.93. The summed E-state index contributed by atoms with van der Waals surface area (Å²) in [7, 11) is 0. The van der Waals surface area contributed by atoms with Crippen LogP contribution in [0.5, 0.6) is 5.75 Å². The van der Waals surface area contributed by atoms with Crippen molar-refractivity contribution >= 4 is 23.5 Å². The number of amides is 2. The van der Waals surface area contributed by atoms with Gasteiger partial charge in [0.1, 0.15) is 11.3 Å². The van der Waals surface area contributed by atoms with Crippen LogP contribution in [0.2, 0.25) is 0 Å². The topological polar surface area (TPSA) is 94.9 Å². The maximum absolute atomic E-state index is 13.6. The van der Waals surface area contributed by atoms with E-state index in [9.17, 15) is 24.6 Å². The average Bonchev–Trinajstić information content (AvgIpc) is 3.05. The molecule has 1 heterocycles. The number of rotatable bonds is 2. The molecule has 152 valence electrons. The summed E-state index contributed by atoms with van der Waals surface area (Å²) in [4.78, 5) is 39.8. The van der Waals surface area contributed by atoms with Crippen molar-refractivity contribution in [1.29, 1.82) is 0 Å². The molecule has 0 radical (unpaired) electrons. The van der Waals surface area contributed by atoms with Crippen molar-refractivity contribution in [1.82, 2.24) is 0 Å². The molecule has 2 amide bonds. The molecule has 1 aliphatic heterocycles. The SMILES string of the molecule is O=C(O)c1cc(N2C(=O)[C@@H]3C4c5ccccc5C(c5ccccc54)[C@H]3C2=O)ccc1O. The first-order chi connectivity index (χ1) is 15.0. The minimum atomic E-state index is -1.32. The molecule has 0 spiro atoms. The van der Waals surface area contributed by atoms with Crippen LogP contribution < -0.4 is 4.90 Å². The van der Waals surface area contributed by atoms with E-state index in [-0.39, 0.29) is 34.9 Å². The van der Waals surface area contributed by atoms with Crippen molar-refractivity contribution in [3.05, 3.63) is 94.5 Å². The molecule has 31 heavy (non-hydrogen) atoms. The second kappa shape index (κ2) is 6.04. The van der Waals surface area contributed by atoms with Crippen LogP contribution in [0, 0.1) is 11.8 Å². The van der Waals surface area contributed by atoms with Gasteiger partial charge < -0.3 is 10.2 Å². The first-order valence-corrected chi connectivity index (χ1v) is 10.1. The molecule has 1 saturated heterocycles. The average molecular weight is 411 g/mol. The lowest BCUT2D eigenvalue weighted by atomic mass is 9.55. The maximum atomic E-state index is 13.6. The summed E-state index contributed by atoms with van der Waals surface area (Å²) in [5, 5.41) is 19.2. The predicted octanol–water partition coefficient (Wildman–Crippen LogP) is 3.49. The van der Waals surface area contributed by atoms with Gasteiger partial charge in [0.2, 0.25) is 11.8 Å². The molecular formula is C25H17NO5. The van der Waals surface area contributed by atoms with E-state index < -0.39 is 23.6 Å². The van der Waals surface area contributed by atoms with Gasteiger partial charge >= 0.3 is 5.97 Å². The Kier molecular flexibility index (Phi) is 3.49. The Morgan fingerprint density at radius 2 is 1.19 bits per heavy atom. The fraction of sp³-hybridized carbons (Fsp3) is 0.160. The van der Waals surface area contributed by atoms with Crippen molar-refractivity contribution in [3.8, 4) is 5.75 Å². The first-order valence-electron chi connectivity index (χ1n) is 10.1. The van der Waals surface area contributed by atoms with Crippen LogP contribution >= 0.6 is 0 Å². The summed E-state index contributed by atoms with van der Waals surface area (Å²) in [5.41, 5.74) is 4.13. The number of hydrogen-bond acceptors (Lipinski definition) is 4. The highest BCUT2D eigenvalue weighted by molar-refractivity contribution is 6.23. The molecule has 0 saturated carbocycles. The van der Waals surface area contributed by atoms with E-state index in [1.165, 1.54) is 18.2 Å². The lowest BCUT2D eigenvalue weighted by Crippen LogP contribution is -2.41. The van der Waals surface area contributed by atoms with E-state index in [0.29, 0.717) is 0 Å². The van der Waals surface area contributed by atoms with Gasteiger partial charge in [-0.25, -0.2) is 9.69 Å². The molecule has 3 aromatic rings. The summed E-state index contributed by atoms with van der Waals surface area (Å²) >= 11 is 0. The third kappa shape index (κ3) is 2.19. The number of carbonyl (C=O) groups excluding carboxylic acids is 2. The van der Waals surface area contributed by atoms with E-state index in [0.717, 1.165) is 27.2 Å². The predicted molar refractivity (Wildman–Crippen MR) is 111 cm³/mol. The molecule has 2 atom stereocenters. The van der Waals surface area contributed by atoms with Crippen molar-refractivity contribution < 1.29 is 24.6 Å². The number of carboxylic acid groups (broad SMARTS) is 1. The number of hydrogen-bond donors (Lipinski definition) is 2. The second-order valence-corrected chi connectivity index (χ2v) is 8.28. The van der Waals surface area contributed by atoms with Gasteiger partial charge in [-0.2, -0.15) is 0 Å². The second-order valence-electron chi connectivity index (χ2n) is 8.28. The minimum Gasteiger partial charge on any atom is -0.507 e. The van der Waals surface area contributed by atoms with Gasteiger partial charge in [0.15, 0.2) is 0 Å². The van der Waals surface area contributed by atoms with Crippen LogP contribution in [0.1, 0.15) is 44.4 Å². The maximum Gasteiger partial charge on any atom is 0.339 e. The molecular weight excluding hydrogens is 394 g/mol. The lowest BCUT2D eigenvalue weighted by Gasteiger charge is -2.45. The molecule has 2 bridgehead atoms. The number of aromatic carboxylic acids is 1. The summed E-state index contributed by atoms with van der Waals surface area (Å²) in [6.07, 6.45) is 0. The highest BCUT2D eigenvalue weighted by Crippen LogP contribution is 2.61. The van der Waals surface area contributed by atoms with Gasteiger partial charge in [0, 0.05) is 11.8 Å². The zero-order valence-corrected chi connectivity index (χ0v) is 16.2.